The summed E-state index contributed by atoms with van der Waals surface area (Å²) in [6.07, 6.45) is 1.53. The zero-order valence-corrected chi connectivity index (χ0v) is 16.5. The first-order chi connectivity index (χ1) is 13.5. The molecule has 1 saturated heterocycles. The zero-order chi connectivity index (χ0) is 19.7. The van der Waals surface area contributed by atoms with E-state index in [0.717, 1.165) is 41.6 Å². The van der Waals surface area contributed by atoms with Crippen molar-refractivity contribution in [2.45, 2.75) is 20.8 Å². The van der Waals surface area contributed by atoms with Gasteiger partial charge in [-0.25, -0.2) is 9.97 Å². The Kier molecular flexibility index (Phi) is 4.86. The van der Waals surface area contributed by atoms with Crippen molar-refractivity contribution in [3.05, 3.63) is 65.2 Å². The van der Waals surface area contributed by atoms with Crippen LogP contribution in [0.15, 0.2) is 47.1 Å². The number of aromatic nitrogens is 2. The van der Waals surface area contributed by atoms with Crippen molar-refractivity contribution in [1.82, 2.24) is 14.9 Å². The van der Waals surface area contributed by atoms with Crippen LogP contribution in [0.4, 0.5) is 5.82 Å². The summed E-state index contributed by atoms with van der Waals surface area (Å²) in [6.45, 7) is 8.90. The summed E-state index contributed by atoms with van der Waals surface area (Å²) in [4.78, 5) is 26.1. The van der Waals surface area contributed by atoms with Crippen LogP contribution in [0, 0.1) is 20.8 Å². The zero-order valence-electron chi connectivity index (χ0n) is 16.5. The van der Waals surface area contributed by atoms with E-state index in [1.54, 1.807) is 12.1 Å². The van der Waals surface area contributed by atoms with Gasteiger partial charge in [0, 0.05) is 43.0 Å². The molecule has 1 amide bonds. The lowest BCUT2D eigenvalue weighted by Crippen LogP contribution is -2.49. The van der Waals surface area contributed by atoms with Gasteiger partial charge in [0.05, 0.1) is 6.26 Å². The number of carbonyl (C=O) groups excluding carboxylic acids is 1. The second kappa shape index (κ2) is 7.46. The lowest BCUT2D eigenvalue weighted by atomic mass is 10.1. The van der Waals surface area contributed by atoms with Gasteiger partial charge in [0.25, 0.3) is 5.91 Å². The van der Waals surface area contributed by atoms with Gasteiger partial charge in [0.2, 0.25) is 0 Å². The molecule has 28 heavy (non-hydrogen) atoms. The number of rotatable bonds is 3. The highest BCUT2D eigenvalue weighted by atomic mass is 16.3. The van der Waals surface area contributed by atoms with Gasteiger partial charge in [0.1, 0.15) is 5.82 Å². The third-order valence-electron chi connectivity index (χ3n) is 5.24. The molecule has 3 heterocycles. The minimum Gasteiger partial charge on any atom is -0.459 e. The van der Waals surface area contributed by atoms with Crippen LogP contribution in [-0.4, -0.2) is 47.0 Å². The summed E-state index contributed by atoms with van der Waals surface area (Å²) in [5, 5.41) is 0. The molecule has 1 aromatic carbocycles. The van der Waals surface area contributed by atoms with Crippen LogP contribution >= 0.6 is 0 Å². The minimum atomic E-state index is -0.0549. The van der Waals surface area contributed by atoms with E-state index in [1.165, 1.54) is 11.8 Å². The molecule has 3 aromatic rings. The van der Waals surface area contributed by atoms with Gasteiger partial charge in [-0.15, -0.1) is 0 Å². The van der Waals surface area contributed by atoms with Crippen LogP contribution in [0.5, 0.6) is 0 Å². The summed E-state index contributed by atoms with van der Waals surface area (Å²) >= 11 is 0. The predicted octanol–water partition coefficient (Wildman–Crippen LogP) is 3.62. The molecule has 6 nitrogen and oxygen atoms in total. The monoisotopic (exact) mass is 376 g/mol. The molecule has 2 aromatic heterocycles. The third kappa shape index (κ3) is 3.50. The summed E-state index contributed by atoms with van der Waals surface area (Å²) in [5.41, 5.74) is 4.28. The molecule has 144 valence electrons. The first kappa shape index (κ1) is 18.2. The summed E-state index contributed by atoms with van der Waals surface area (Å²) in [5.74, 6) is 2.04. The van der Waals surface area contributed by atoms with E-state index >= 15 is 0 Å². The van der Waals surface area contributed by atoms with E-state index < -0.39 is 0 Å². The van der Waals surface area contributed by atoms with E-state index in [2.05, 4.69) is 30.9 Å². The number of hydrogen-bond acceptors (Lipinski definition) is 5. The molecule has 0 spiro atoms. The molecule has 0 atom stereocenters. The Morgan fingerprint density at radius 3 is 2.46 bits per heavy atom. The first-order valence-electron chi connectivity index (χ1n) is 9.53. The van der Waals surface area contributed by atoms with E-state index in [-0.39, 0.29) is 5.91 Å². The molecule has 1 fully saturated rings. The molecule has 4 rings (SSSR count). The van der Waals surface area contributed by atoms with Crippen LogP contribution in [0.3, 0.4) is 0 Å². The molecule has 6 heteroatoms. The second-order valence-electron chi connectivity index (χ2n) is 7.21. The molecule has 0 aliphatic carbocycles. The lowest BCUT2D eigenvalue weighted by molar-refractivity contribution is 0.0714. The van der Waals surface area contributed by atoms with Crippen LogP contribution in [-0.2, 0) is 0 Å². The average molecular weight is 376 g/mol. The largest absolute Gasteiger partial charge is 0.459 e. The highest BCUT2D eigenvalue weighted by molar-refractivity contribution is 5.91. The minimum absolute atomic E-state index is 0.0549. The summed E-state index contributed by atoms with van der Waals surface area (Å²) in [6, 6.07) is 11.7. The van der Waals surface area contributed by atoms with E-state index in [1.807, 2.05) is 24.0 Å². The van der Waals surface area contributed by atoms with Crippen molar-refractivity contribution in [1.29, 1.82) is 0 Å². The van der Waals surface area contributed by atoms with E-state index in [0.29, 0.717) is 18.8 Å². The maximum absolute atomic E-state index is 12.5. The molecular formula is C22H24N4O2. The van der Waals surface area contributed by atoms with Gasteiger partial charge in [-0.3, -0.25) is 4.79 Å². The number of benzene rings is 1. The van der Waals surface area contributed by atoms with Crippen molar-refractivity contribution in [3.8, 4) is 11.4 Å². The molecule has 0 saturated carbocycles. The number of anilines is 1. The smallest absolute Gasteiger partial charge is 0.289 e. The van der Waals surface area contributed by atoms with Gasteiger partial charge in [-0.1, -0.05) is 23.8 Å². The molecular weight excluding hydrogens is 352 g/mol. The van der Waals surface area contributed by atoms with Gasteiger partial charge >= 0.3 is 0 Å². The maximum atomic E-state index is 12.5. The number of hydrogen-bond donors (Lipinski definition) is 0. The van der Waals surface area contributed by atoms with Crippen molar-refractivity contribution in [2.24, 2.45) is 0 Å². The standard InChI is InChI=1S/C22H24N4O2/c1-15-6-4-7-18(14-15)20-23-17(3)16(2)21(24-20)25-9-11-26(12-10-25)22(27)19-8-5-13-28-19/h4-8,13-14H,9-12H2,1-3H3. The van der Waals surface area contributed by atoms with Gasteiger partial charge in [-0.2, -0.15) is 0 Å². The number of nitrogens with zero attached hydrogens (tertiary/aromatic N) is 4. The Morgan fingerprint density at radius 1 is 1.00 bits per heavy atom. The Labute approximate surface area is 164 Å². The fourth-order valence-electron chi connectivity index (χ4n) is 3.51. The Bertz CT molecular complexity index is 990. The quantitative estimate of drug-likeness (QED) is 0.699. The number of carbonyl (C=O) groups is 1. The van der Waals surface area contributed by atoms with Crippen molar-refractivity contribution in [2.75, 3.05) is 31.1 Å². The highest BCUT2D eigenvalue weighted by Crippen LogP contribution is 2.26. The van der Waals surface area contributed by atoms with E-state index in [9.17, 15) is 4.79 Å². The number of aryl methyl sites for hydroxylation is 2. The van der Waals surface area contributed by atoms with Crippen molar-refractivity contribution >= 4 is 11.7 Å². The summed E-state index contributed by atoms with van der Waals surface area (Å²) < 4.78 is 5.24. The number of furan rings is 1. The van der Waals surface area contributed by atoms with Gasteiger partial charge in [0.15, 0.2) is 11.6 Å². The van der Waals surface area contributed by atoms with Crippen molar-refractivity contribution < 1.29 is 9.21 Å². The SMILES string of the molecule is Cc1cccc(-c2nc(C)c(C)c(N3CCN(C(=O)c4ccco4)CC3)n2)c1. The Morgan fingerprint density at radius 2 is 1.79 bits per heavy atom. The topological polar surface area (TPSA) is 62.5 Å². The second-order valence-corrected chi connectivity index (χ2v) is 7.21. The van der Waals surface area contributed by atoms with Crippen molar-refractivity contribution in [3.63, 3.8) is 0 Å². The van der Waals surface area contributed by atoms with Gasteiger partial charge < -0.3 is 14.2 Å². The molecule has 0 radical (unpaired) electrons. The Hall–Kier alpha value is -3.15. The number of piperazine rings is 1. The molecule has 1 aliphatic rings. The first-order valence-corrected chi connectivity index (χ1v) is 9.53. The maximum Gasteiger partial charge on any atom is 0.289 e. The molecule has 0 unspecified atom stereocenters. The molecule has 0 N–H and O–H groups in total. The Balaban J connectivity index is 1.56. The lowest BCUT2D eigenvalue weighted by Gasteiger charge is -2.36. The van der Waals surface area contributed by atoms with Crippen LogP contribution in [0.25, 0.3) is 11.4 Å². The van der Waals surface area contributed by atoms with Crippen LogP contribution in [0.1, 0.15) is 27.4 Å². The normalized spacial score (nSPS) is 14.4. The van der Waals surface area contributed by atoms with E-state index in [4.69, 9.17) is 14.4 Å². The van der Waals surface area contributed by atoms with Gasteiger partial charge in [-0.05, 0) is 39.0 Å². The van der Waals surface area contributed by atoms with Crippen LogP contribution < -0.4 is 4.90 Å². The van der Waals surface area contributed by atoms with Crippen LogP contribution in [0.2, 0.25) is 0 Å². The fraction of sp³-hybridized carbons (Fsp3) is 0.318. The fourth-order valence-corrected chi connectivity index (χ4v) is 3.51. The highest BCUT2D eigenvalue weighted by Gasteiger charge is 2.26. The molecule has 0 bridgehead atoms. The average Bonchev–Trinajstić information content (AvgIpc) is 3.24. The number of amides is 1. The predicted molar refractivity (Wildman–Crippen MR) is 109 cm³/mol. The molecule has 1 aliphatic heterocycles. The third-order valence-corrected chi connectivity index (χ3v) is 5.24. The summed E-state index contributed by atoms with van der Waals surface area (Å²) in [7, 11) is 0.